The molecule has 2 atom stereocenters. The molecule has 0 unspecified atom stereocenters. The summed E-state index contributed by atoms with van der Waals surface area (Å²) in [6.07, 6.45) is 0.590. The van der Waals surface area contributed by atoms with E-state index in [1.54, 1.807) is 6.92 Å². The zero-order valence-electron chi connectivity index (χ0n) is 12.2. The van der Waals surface area contributed by atoms with Gasteiger partial charge in [-0.15, -0.1) is 0 Å². The molecule has 0 aliphatic carbocycles. The highest BCUT2D eigenvalue weighted by molar-refractivity contribution is 5.92. The standard InChI is InChI=1S/C13H19N3O5/c1-13(19)4-5-16(7-9(13)17)12(18)8-6-14-10(20-2)11(15-8)21-3/h6,9,17,19H,4-5,7H2,1-3H3/t9-,13+/m1/s1. The third-order valence-electron chi connectivity index (χ3n) is 3.60. The van der Waals surface area contributed by atoms with Crippen LogP contribution in [-0.4, -0.2) is 70.0 Å². The van der Waals surface area contributed by atoms with E-state index in [9.17, 15) is 15.0 Å². The second-order valence-corrected chi connectivity index (χ2v) is 5.15. The van der Waals surface area contributed by atoms with E-state index in [1.807, 2.05) is 0 Å². The van der Waals surface area contributed by atoms with Crippen molar-refractivity contribution in [1.29, 1.82) is 0 Å². The number of hydrogen-bond donors (Lipinski definition) is 2. The lowest BCUT2D eigenvalue weighted by Crippen LogP contribution is -2.55. The largest absolute Gasteiger partial charge is 0.477 e. The van der Waals surface area contributed by atoms with Crippen LogP contribution in [0.1, 0.15) is 23.8 Å². The first-order chi connectivity index (χ1) is 9.89. The molecule has 1 aromatic rings. The Kier molecular flexibility index (Phi) is 4.29. The number of hydrogen-bond acceptors (Lipinski definition) is 7. The van der Waals surface area contributed by atoms with Gasteiger partial charge in [0, 0.05) is 13.1 Å². The average molecular weight is 297 g/mol. The first kappa shape index (κ1) is 15.5. The molecule has 21 heavy (non-hydrogen) atoms. The van der Waals surface area contributed by atoms with Gasteiger partial charge in [-0.25, -0.2) is 9.97 Å². The monoisotopic (exact) mass is 297 g/mol. The van der Waals surface area contributed by atoms with E-state index in [0.29, 0.717) is 13.0 Å². The number of aromatic nitrogens is 2. The Morgan fingerprint density at radius 3 is 2.67 bits per heavy atom. The molecule has 8 nitrogen and oxygen atoms in total. The first-order valence-corrected chi connectivity index (χ1v) is 6.53. The van der Waals surface area contributed by atoms with Crippen molar-refractivity contribution >= 4 is 5.91 Å². The molecule has 0 bridgehead atoms. The molecule has 1 aromatic heterocycles. The van der Waals surface area contributed by atoms with Gasteiger partial charge in [-0.05, 0) is 13.3 Å². The number of aliphatic hydroxyl groups excluding tert-OH is 1. The molecule has 0 saturated carbocycles. The molecule has 2 heterocycles. The van der Waals surface area contributed by atoms with E-state index >= 15 is 0 Å². The second-order valence-electron chi connectivity index (χ2n) is 5.15. The fourth-order valence-electron chi connectivity index (χ4n) is 2.11. The summed E-state index contributed by atoms with van der Waals surface area (Å²) < 4.78 is 9.97. The minimum atomic E-state index is -1.18. The first-order valence-electron chi connectivity index (χ1n) is 6.53. The summed E-state index contributed by atoms with van der Waals surface area (Å²) in [5.74, 6) is -0.0680. The van der Waals surface area contributed by atoms with E-state index in [4.69, 9.17) is 9.47 Å². The van der Waals surface area contributed by atoms with Gasteiger partial charge in [-0.1, -0.05) is 0 Å². The third-order valence-corrected chi connectivity index (χ3v) is 3.60. The van der Waals surface area contributed by atoms with Crippen molar-refractivity contribution in [3.05, 3.63) is 11.9 Å². The number of nitrogens with zero attached hydrogens (tertiary/aromatic N) is 3. The number of piperidine rings is 1. The Bertz CT molecular complexity index is 535. The Labute approximate surface area is 122 Å². The number of ether oxygens (including phenoxy) is 2. The van der Waals surface area contributed by atoms with E-state index in [2.05, 4.69) is 9.97 Å². The van der Waals surface area contributed by atoms with E-state index in [-0.39, 0.29) is 29.9 Å². The third kappa shape index (κ3) is 3.06. The van der Waals surface area contributed by atoms with Crippen molar-refractivity contribution < 1.29 is 24.5 Å². The predicted molar refractivity (Wildman–Crippen MR) is 72.3 cm³/mol. The Morgan fingerprint density at radius 2 is 2.10 bits per heavy atom. The Hall–Kier alpha value is -1.93. The van der Waals surface area contributed by atoms with Gasteiger partial charge in [0.2, 0.25) is 0 Å². The Morgan fingerprint density at radius 1 is 1.43 bits per heavy atom. The zero-order chi connectivity index (χ0) is 15.6. The molecule has 2 rings (SSSR count). The van der Waals surface area contributed by atoms with Crippen LogP contribution < -0.4 is 9.47 Å². The minimum absolute atomic E-state index is 0.0435. The van der Waals surface area contributed by atoms with Crippen LogP contribution in [0.2, 0.25) is 0 Å². The number of β-amino-alcohol motifs (C(OH)–C–C–N with tert-alkyl or cyclic N) is 1. The van der Waals surface area contributed by atoms with Gasteiger partial charge in [0.1, 0.15) is 0 Å². The summed E-state index contributed by atoms with van der Waals surface area (Å²) in [5, 5.41) is 19.8. The van der Waals surface area contributed by atoms with Crippen LogP contribution in [0.5, 0.6) is 11.8 Å². The molecule has 1 amide bonds. The van der Waals surface area contributed by atoms with Gasteiger partial charge in [0.15, 0.2) is 5.69 Å². The maximum absolute atomic E-state index is 12.4. The number of amides is 1. The Balaban J connectivity index is 2.17. The van der Waals surface area contributed by atoms with E-state index in [0.717, 1.165) is 0 Å². The summed E-state index contributed by atoms with van der Waals surface area (Å²) in [5.41, 5.74) is -1.08. The molecule has 0 spiro atoms. The average Bonchev–Trinajstić information content (AvgIpc) is 2.48. The summed E-state index contributed by atoms with van der Waals surface area (Å²) in [4.78, 5) is 21.8. The van der Waals surface area contributed by atoms with Gasteiger partial charge in [-0.2, -0.15) is 0 Å². The number of methoxy groups -OCH3 is 2. The maximum Gasteiger partial charge on any atom is 0.278 e. The molecule has 1 aliphatic heterocycles. The molecule has 8 heteroatoms. The summed E-state index contributed by atoms with van der Waals surface area (Å²) >= 11 is 0. The SMILES string of the molecule is COc1ncc(C(=O)N2CC[C@](C)(O)[C@H](O)C2)nc1OC. The fraction of sp³-hybridized carbons (Fsp3) is 0.615. The van der Waals surface area contributed by atoms with Gasteiger partial charge in [0.05, 0.1) is 32.1 Å². The van der Waals surface area contributed by atoms with Crippen LogP contribution >= 0.6 is 0 Å². The summed E-state index contributed by atoms with van der Waals surface area (Å²) in [7, 11) is 2.83. The maximum atomic E-state index is 12.4. The van der Waals surface area contributed by atoms with Crippen molar-refractivity contribution in [3.8, 4) is 11.8 Å². The minimum Gasteiger partial charge on any atom is -0.477 e. The summed E-state index contributed by atoms with van der Waals surface area (Å²) in [6.45, 7) is 1.93. The molecule has 0 radical (unpaired) electrons. The van der Waals surface area contributed by atoms with Crippen LogP contribution in [0, 0.1) is 0 Å². The van der Waals surface area contributed by atoms with Crippen LogP contribution in [0.25, 0.3) is 0 Å². The van der Waals surface area contributed by atoms with Crippen molar-refractivity contribution in [2.24, 2.45) is 0 Å². The lowest BCUT2D eigenvalue weighted by Gasteiger charge is -2.39. The molecule has 1 fully saturated rings. The normalized spacial score (nSPS) is 25.6. The van der Waals surface area contributed by atoms with E-state index in [1.165, 1.54) is 25.3 Å². The topological polar surface area (TPSA) is 105 Å². The number of carbonyl (C=O) groups excluding carboxylic acids is 1. The quantitative estimate of drug-likeness (QED) is 0.771. The lowest BCUT2D eigenvalue weighted by atomic mass is 9.90. The fourth-order valence-corrected chi connectivity index (χ4v) is 2.11. The van der Waals surface area contributed by atoms with Crippen molar-refractivity contribution in [2.45, 2.75) is 25.0 Å². The lowest BCUT2D eigenvalue weighted by molar-refractivity contribution is -0.1000. The van der Waals surface area contributed by atoms with Gasteiger partial charge in [0.25, 0.3) is 17.7 Å². The highest BCUT2D eigenvalue weighted by Gasteiger charge is 2.38. The van der Waals surface area contributed by atoms with Gasteiger partial charge in [-0.3, -0.25) is 4.79 Å². The van der Waals surface area contributed by atoms with Crippen LogP contribution in [0.4, 0.5) is 0 Å². The van der Waals surface area contributed by atoms with Crippen LogP contribution in [0.3, 0.4) is 0 Å². The molecule has 1 aliphatic rings. The van der Waals surface area contributed by atoms with Crippen molar-refractivity contribution in [2.75, 3.05) is 27.3 Å². The number of rotatable bonds is 3. The summed E-state index contributed by atoms with van der Waals surface area (Å²) in [6, 6.07) is 0. The highest BCUT2D eigenvalue weighted by atomic mass is 16.5. The molecular weight excluding hydrogens is 278 g/mol. The van der Waals surface area contributed by atoms with Crippen LogP contribution in [0.15, 0.2) is 6.20 Å². The molecule has 0 aromatic carbocycles. The number of aliphatic hydroxyl groups is 2. The zero-order valence-corrected chi connectivity index (χ0v) is 12.2. The molecular formula is C13H19N3O5. The van der Waals surface area contributed by atoms with E-state index < -0.39 is 11.7 Å². The van der Waals surface area contributed by atoms with Crippen LogP contribution in [-0.2, 0) is 0 Å². The second kappa shape index (κ2) is 5.82. The predicted octanol–water partition coefficient (Wildman–Crippen LogP) is -0.548. The number of likely N-dealkylation sites (tertiary alicyclic amines) is 1. The highest BCUT2D eigenvalue weighted by Crippen LogP contribution is 2.24. The van der Waals surface area contributed by atoms with Crippen molar-refractivity contribution in [1.82, 2.24) is 14.9 Å². The smallest absolute Gasteiger partial charge is 0.278 e. The van der Waals surface area contributed by atoms with Gasteiger partial charge >= 0.3 is 0 Å². The molecule has 1 saturated heterocycles. The van der Waals surface area contributed by atoms with Crippen molar-refractivity contribution in [3.63, 3.8) is 0 Å². The molecule has 2 N–H and O–H groups in total. The molecule has 116 valence electrons. The van der Waals surface area contributed by atoms with Gasteiger partial charge < -0.3 is 24.6 Å². The number of carbonyl (C=O) groups is 1.